The van der Waals surface area contributed by atoms with E-state index in [0.29, 0.717) is 24.2 Å². The van der Waals surface area contributed by atoms with Gasteiger partial charge in [0.1, 0.15) is 11.9 Å². The highest BCUT2D eigenvalue weighted by Crippen LogP contribution is 2.62. The summed E-state index contributed by atoms with van der Waals surface area (Å²) in [6.07, 6.45) is 10.3. The number of aliphatic hydroxyl groups is 2. The molecule has 3 fully saturated rings. The number of ether oxygens (including phenoxy) is 1. The second kappa shape index (κ2) is 5.63. The summed E-state index contributed by atoms with van der Waals surface area (Å²) in [6, 6.07) is 0. The standard InChI is InChI=1S/C20H30O3/c1-3-20-11-10-13-12-6-8-17(21)19(23-2)15(12)5-4-14(13)16(20)7-9-18(20)22/h6,13-14,16-18,21-22H,3-5,7-11H2,1-2H3. The normalized spacial score (nSPS) is 45.9. The van der Waals surface area contributed by atoms with Crippen LogP contribution in [0, 0.1) is 23.2 Å². The molecule has 0 aromatic heterocycles. The zero-order valence-electron chi connectivity index (χ0n) is 14.4. The van der Waals surface area contributed by atoms with E-state index < -0.39 is 6.10 Å². The van der Waals surface area contributed by atoms with E-state index in [1.54, 1.807) is 7.11 Å². The third-order valence-corrected chi connectivity index (χ3v) is 7.62. The Labute approximate surface area is 139 Å². The van der Waals surface area contributed by atoms with E-state index in [4.69, 9.17) is 4.74 Å². The van der Waals surface area contributed by atoms with Gasteiger partial charge in [0.25, 0.3) is 0 Å². The Balaban J connectivity index is 1.67. The van der Waals surface area contributed by atoms with Gasteiger partial charge in [-0.05, 0) is 85.7 Å². The highest BCUT2D eigenvalue weighted by atomic mass is 16.5. The predicted octanol–water partition coefficient (Wildman–Crippen LogP) is 3.57. The second-order valence-corrected chi connectivity index (χ2v) is 8.09. The lowest BCUT2D eigenvalue weighted by Gasteiger charge is -2.52. The fourth-order valence-corrected chi connectivity index (χ4v) is 6.56. The topological polar surface area (TPSA) is 49.7 Å². The van der Waals surface area contributed by atoms with E-state index in [0.717, 1.165) is 31.4 Å². The minimum absolute atomic E-state index is 0.0907. The van der Waals surface area contributed by atoms with Crippen LogP contribution in [0.4, 0.5) is 0 Å². The van der Waals surface area contributed by atoms with Crippen molar-refractivity contribution >= 4 is 0 Å². The number of hydrogen-bond acceptors (Lipinski definition) is 3. The molecule has 2 N–H and O–H groups in total. The first-order valence-electron chi connectivity index (χ1n) is 9.46. The molecule has 0 amide bonds. The Morgan fingerprint density at radius 2 is 2.04 bits per heavy atom. The lowest BCUT2D eigenvalue weighted by atomic mass is 9.53. The van der Waals surface area contributed by atoms with Gasteiger partial charge in [-0.1, -0.05) is 13.0 Å². The number of hydrogen-bond donors (Lipinski definition) is 2. The molecular weight excluding hydrogens is 288 g/mol. The van der Waals surface area contributed by atoms with Crippen LogP contribution >= 0.6 is 0 Å². The fourth-order valence-electron chi connectivity index (χ4n) is 6.56. The zero-order valence-corrected chi connectivity index (χ0v) is 14.4. The van der Waals surface area contributed by atoms with Crippen molar-refractivity contribution in [3.05, 3.63) is 23.0 Å². The summed E-state index contributed by atoms with van der Waals surface area (Å²) >= 11 is 0. The van der Waals surface area contributed by atoms with E-state index in [9.17, 15) is 10.2 Å². The molecule has 0 aliphatic heterocycles. The van der Waals surface area contributed by atoms with Crippen LogP contribution in [0.15, 0.2) is 23.0 Å². The molecule has 4 aliphatic rings. The van der Waals surface area contributed by atoms with Crippen molar-refractivity contribution in [3.8, 4) is 0 Å². The monoisotopic (exact) mass is 318 g/mol. The molecule has 128 valence electrons. The number of rotatable bonds is 2. The predicted molar refractivity (Wildman–Crippen MR) is 89.6 cm³/mol. The molecule has 23 heavy (non-hydrogen) atoms. The Hall–Kier alpha value is -0.800. The molecule has 4 aliphatic carbocycles. The van der Waals surface area contributed by atoms with Gasteiger partial charge in [0.2, 0.25) is 0 Å². The van der Waals surface area contributed by atoms with Gasteiger partial charge >= 0.3 is 0 Å². The lowest BCUT2D eigenvalue weighted by molar-refractivity contribution is -0.0475. The van der Waals surface area contributed by atoms with Crippen molar-refractivity contribution < 1.29 is 14.9 Å². The van der Waals surface area contributed by atoms with Crippen LogP contribution in [0.2, 0.25) is 0 Å². The molecule has 3 saturated carbocycles. The molecule has 0 radical (unpaired) electrons. The van der Waals surface area contributed by atoms with E-state index >= 15 is 0 Å². The van der Waals surface area contributed by atoms with E-state index in [2.05, 4.69) is 13.0 Å². The highest BCUT2D eigenvalue weighted by molar-refractivity contribution is 5.43. The van der Waals surface area contributed by atoms with E-state index in [1.165, 1.54) is 30.4 Å². The maximum Gasteiger partial charge on any atom is 0.128 e. The summed E-state index contributed by atoms with van der Waals surface area (Å²) < 4.78 is 5.55. The zero-order chi connectivity index (χ0) is 16.2. The first-order chi connectivity index (χ1) is 11.1. The average Bonchev–Trinajstić information content (AvgIpc) is 2.91. The van der Waals surface area contributed by atoms with Crippen LogP contribution in [0.1, 0.15) is 58.3 Å². The van der Waals surface area contributed by atoms with Crippen molar-refractivity contribution in [1.29, 1.82) is 0 Å². The van der Waals surface area contributed by atoms with Gasteiger partial charge in [-0.3, -0.25) is 0 Å². The van der Waals surface area contributed by atoms with Crippen molar-refractivity contribution in [3.63, 3.8) is 0 Å². The Kier molecular flexibility index (Phi) is 3.85. The van der Waals surface area contributed by atoms with Crippen molar-refractivity contribution in [2.24, 2.45) is 23.2 Å². The molecule has 0 aromatic rings. The minimum Gasteiger partial charge on any atom is -0.498 e. The maximum absolute atomic E-state index is 10.6. The van der Waals surface area contributed by atoms with Gasteiger partial charge in [-0.2, -0.15) is 0 Å². The fraction of sp³-hybridized carbons (Fsp3) is 0.800. The summed E-state index contributed by atoms with van der Waals surface area (Å²) in [4.78, 5) is 0. The smallest absolute Gasteiger partial charge is 0.128 e. The molecule has 4 rings (SSSR count). The molecular formula is C20H30O3. The molecule has 0 spiro atoms. The van der Waals surface area contributed by atoms with Gasteiger partial charge in [0, 0.05) is 0 Å². The van der Waals surface area contributed by atoms with Crippen molar-refractivity contribution in [2.45, 2.75) is 70.5 Å². The van der Waals surface area contributed by atoms with Gasteiger partial charge in [-0.15, -0.1) is 0 Å². The summed E-state index contributed by atoms with van der Waals surface area (Å²) in [5.74, 6) is 2.83. The molecule has 3 heteroatoms. The lowest BCUT2D eigenvalue weighted by Crippen LogP contribution is -2.47. The Morgan fingerprint density at radius 3 is 2.78 bits per heavy atom. The summed E-state index contributed by atoms with van der Waals surface area (Å²) in [5, 5.41) is 20.8. The van der Waals surface area contributed by atoms with E-state index in [1.807, 2.05) is 0 Å². The number of methoxy groups -OCH3 is 1. The molecule has 3 nitrogen and oxygen atoms in total. The molecule has 0 aromatic carbocycles. The SMILES string of the molecule is CCC12CCC3C4=CCC(O)C(OC)=C4CCC3C1CCC2O. The first-order valence-corrected chi connectivity index (χ1v) is 9.46. The average molecular weight is 318 g/mol. The number of aliphatic hydroxyl groups excluding tert-OH is 2. The number of allylic oxidation sites excluding steroid dienone is 2. The molecule has 0 heterocycles. The first kappa shape index (κ1) is 15.7. The third-order valence-electron chi connectivity index (χ3n) is 7.62. The van der Waals surface area contributed by atoms with Crippen LogP contribution < -0.4 is 0 Å². The van der Waals surface area contributed by atoms with Gasteiger partial charge in [0.05, 0.1) is 13.2 Å². The molecule has 0 bridgehead atoms. The van der Waals surface area contributed by atoms with Crippen LogP contribution in [0.5, 0.6) is 0 Å². The van der Waals surface area contributed by atoms with Crippen LogP contribution in [0.3, 0.4) is 0 Å². The highest BCUT2D eigenvalue weighted by Gasteiger charge is 2.56. The molecule has 6 unspecified atom stereocenters. The summed E-state index contributed by atoms with van der Waals surface area (Å²) in [6.45, 7) is 2.27. The van der Waals surface area contributed by atoms with Crippen molar-refractivity contribution in [1.82, 2.24) is 0 Å². The van der Waals surface area contributed by atoms with Crippen molar-refractivity contribution in [2.75, 3.05) is 7.11 Å². The maximum atomic E-state index is 10.6. The quantitative estimate of drug-likeness (QED) is 0.818. The molecule has 6 atom stereocenters. The van der Waals surface area contributed by atoms with Crippen LogP contribution in [0.25, 0.3) is 0 Å². The molecule has 0 saturated heterocycles. The van der Waals surface area contributed by atoms with Gasteiger partial charge in [0.15, 0.2) is 0 Å². The largest absolute Gasteiger partial charge is 0.498 e. The number of fused-ring (bicyclic) bond motifs is 5. The Bertz CT molecular complexity index is 549. The van der Waals surface area contributed by atoms with Crippen LogP contribution in [-0.2, 0) is 4.74 Å². The second-order valence-electron chi connectivity index (χ2n) is 8.09. The van der Waals surface area contributed by atoms with Gasteiger partial charge in [-0.25, -0.2) is 0 Å². The van der Waals surface area contributed by atoms with E-state index in [-0.39, 0.29) is 11.5 Å². The van der Waals surface area contributed by atoms with Crippen LogP contribution in [-0.4, -0.2) is 29.5 Å². The van der Waals surface area contributed by atoms with Gasteiger partial charge < -0.3 is 14.9 Å². The third kappa shape index (κ3) is 2.09. The minimum atomic E-state index is -0.457. The summed E-state index contributed by atoms with van der Waals surface area (Å²) in [5.41, 5.74) is 2.94. The summed E-state index contributed by atoms with van der Waals surface area (Å²) in [7, 11) is 1.69. The Morgan fingerprint density at radius 1 is 1.22 bits per heavy atom.